The van der Waals surface area contributed by atoms with Gasteiger partial charge in [0.2, 0.25) is 0 Å². The van der Waals surface area contributed by atoms with Crippen LogP contribution in [-0.4, -0.2) is 33.8 Å². The summed E-state index contributed by atoms with van der Waals surface area (Å²) in [5.41, 5.74) is 7.25. The van der Waals surface area contributed by atoms with Gasteiger partial charge in [-0.3, -0.25) is 9.89 Å². The van der Waals surface area contributed by atoms with Crippen LogP contribution in [0.2, 0.25) is 5.02 Å². The number of carbonyl (C=O) groups excluding carboxylic acids is 1. The molecule has 0 saturated heterocycles. The average molecular weight is 523 g/mol. The highest BCUT2D eigenvalue weighted by atomic mass is 35.5. The van der Waals surface area contributed by atoms with Crippen LogP contribution in [0.4, 0.5) is 0 Å². The molecule has 4 rings (SSSR count). The number of allylic oxidation sites excluding steroid dienone is 2. The van der Waals surface area contributed by atoms with Crippen molar-refractivity contribution in [2.75, 3.05) is 6.61 Å². The van der Waals surface area contributed by atoms with Crippen molar-refractivity contribution in [3.8, 4) is 16.9 Å². The highest BCUT2D eigenvalue weighted by Crippen LogP contribution is 2.36. The zero-order valence-electron chi connectivity index (χ0n) is 22.8. The van der Waals surface area contributed by atoms with Crippen LogP contribution in [0.5, 0.6) is 5.75 Å². The molecule has 1 aliphatic heterocycles. The number of aliphatic hydroxyl groups is 1. The number of nitrogens with zero attached hydrogens (tertiary/aromatic N) is 1. The molecule has 5 nitrogen and oxygen atoms in total. The van der Waals surface area contributed by atoms with Crippen molar-refractivity contribution in [1.29, 1.82) is 0 Å². The molecule has 0 bridgehead atoms. The van der Waals surface area contributed by atoms with Gasteiger partial charge in [-0.2, -0.15) is 5.10 Å². The third-order valence-electron chi connectivity index (χ3n) is 6.79. The first-order valence-corrected chi connectivity index (χ1v) is 13.5. The average Bonchev–Trinajstić information content (AvgIpc) is 3.38. The van der Waals surface area contributed by atoms with Crippen LogP contribution in [0.25, 0.3) is 16.7 Å². The minimum Gasteiger partial charge on any atom is -0.493 e. The molecule has 1 aliphatic rings. The van der Waals surface area contributed by atoms with E-state index in [9.17, 15) is 4.79 Å². The molecule has 0 amide bonds. The second kappa shape index (κ2) is 13.1. The Labute approximate surface area is 225 Å². The number of hydrogen-bond donors (Lipinski definition) is 2. The molecule has 0 fully saturated rings. The molecule has 0 spiro atoms. The summed E-state index contributed by atoms with van der Waals surface area (Å²) in [6.45, 7) is 12.5. The number of aliphatic hydroxyl groups excluding tert-OH is 1. The van der Waals surface area contributed by atoms with Gasteiger partial charge in [0, 0.05) is 21.9 Å². The summed E-state index contributed by atoms with van der Waals surface area (Å²) in [6, 6.07) is 12.0. The Morgan fingerprint density at radius 1 is 1.22 bits per heavy atom. The van der Waals surface area contributed by atoms with Crippen molar-refractivity contribution in [2.24, 2.45) is 5.92 Å². The molecular weight excluding hydrogens is 484 g/mol. The van der Waals surface area contributed by atoms with E-state index < -0.39 is 0 Å². The molecule has 2 N–H and O–H groups in total. The van der Waals surface area contributed by atoms with Gasteiger partial charge >= 0.3 is 0 Å². The van der Waals surface area contributed by atoms with Gasteiger partial charge in [0.1, 0.15) is 5.75 Å². The highest BCUT2D eigenvalue weighted by Gasteiger charge is 2.29. The summed E-state index contributed by atoms with van der Waals surface area (Å²) in [6.07, 6.45) is 6.08. The summed E-state index contributed by atoms with van der Waals surface area (Å²) < 4.78 is 5.90. The number of nitrogens with one attached hydrogen (secondary N) is 1. The molecule has 2 aromatic carbocycles. The smallest absolute Gasteiger partial charge is 0.169 e. The number of aryl methyl sites for hydroxylation is 1. The lowest BCUT2D eigenvalue weighted by Gasteiger charge is -2.26. The van der Waals surface area contributed by atoms with E-state index in [0.717, 1.165) is 57.7 Å². The van der Waals surface area contributed by atoms with Crippen LogP contribution in [0.1, 0.15) is 76.3 Å². The summed E-state index contributed by atoms with van der Waals surface area (Å²) in [5.74, 6) is 0.976. The third-order valence-corrected chi connectivity index (χ3v) is 7.03. The van der Waals surface area contributed by atoms with E-state index in [1.54, 1.807) is 6.92 Å². The van der Waals surface area contributed by atoms with E-state index in [-0.39, 0.29) is 23.7 Å². The van der Waals surface area contributed by atoms with E-state index in [0.29, 0.717) is 18.1 Å². The molecule has 3 aromatic rings. The number of rotatable bonds is 7. The maximum absolute atomic E-state index is 13.6. The molecule has 2 atom stereocenters. The van der Waals surface area contributed by atoms with Gasteiger partial charge in [-0.25, -0.2) is 0 Å². The zero-order valence-corrected chi connectivity index (χ0v) is 23.5. The number of halogens is 1. The SMILES string of the molecule is C/C=C(/C(=O)[C@@H]1COc2ccc(Cl)cc2C1)c1ccc(-c2cn[nH]c2CC)cc1C(C)C.CCC(C)O. The van der Waals surface area contributed by atoms with Crippen molar-refractivity contribution < 1.29 is 14.6 Å². The van der Waals surface area contributed by atoms with E-state index >= 15 is 0 Å². The quantitative estimate of drug-likeness (QED) is 0.316. The topological polar surface area (TPSA) is 75.2 Å². The van der Waals surface area contributed by atoms with Crippen LogP contribution in [-0.2, 0) is 17.6 Å². The number of aromatic amines is 1. The number of ketones is 1. The van der Waals surface area contributed by atoms with E-state index in [4.69, 9.17) is 21.4 Å². The summed E-state index contributed by atoms with van der Waals surface area (Å²) in [5, 5.41) is 16.3. The van der Waals surface area contributed by atoms with Gasteiger partial charge in [0.15, 0.2) is 5.78 Å². The molecule has 0 saturated carbocycles. The monoisotopic (exact) mass is 522 g/mol. The summed E-state index contributed by atoms with van der Waals surface area (Å²) in [4.78, 5) is 13.6. The fourth-order valence-electron chi connectivity index (χ4n) is 4.47. The maximum atomic E-state index is 13.6. The van der Waals surface area contributed by atoms with E-state index in [1.807, 2.05) is 44.3 Å². The zero-order chi connectivity index (χ0) is 27.1. The predicted octanol–water partition coefficient (Wildman–Crippen LogP) is 7.42. The molecule has 1 aromatic heterocycles. The third kappa shape index (κ3) is 6.91. The Morgan fingerprint density at radius 2 is 1.95 bits per heavy atom. The second-order valence-corrected chi connectivity index (χ2v) is 10.3. The van der Waals surface area contributed by atoms with Crippen molar-refractivity contribution in [3.63, 3.8) is 0 Å². The van der Waals surface area contributed by atoms with Crippen molar-refractivity contribution in [1.82, 2.24) is 10.2 Å². The van der Waals surface area contributed by atoms with Crippen LogP contribution in [0.15, 0.2) is 48.7 Å². The molecule has 0 aliphatic carbocycles. The first kappa shape index (κ1) is 28.7. The molecule has 198 valence electrons. The van der Waals surface area contributed by atoms with Crippen molar-refractivity contribution in [2.45, 2.75) is 72.8 Å². The Balaban J connectivity index is 0.000000695. The van der Waals surface area contributed by atoms with Gasteiger partial charge in [-0.15, -0.1) is 0 Å². The lowest BCUT2D eigenvalue weighted by Crippen LogP contribution is -2.29. The summed E-state index contributed by atoms with van der Waals surface area (Å²) in [7, 11) is 0. The Hall–Kier alpha value is -2.89. The van der Waals surface area contributed by atoms with Crippen LogP contribution in [0.3, 0.4) is 0 Å². The molecule has 1 unspecified atom stereocenters. The molecular formula is C31H39ClN2O3. The maximum Gasteiger partial charge on any atom is 0.169 e. The van der Waals surface area contributed by atoms with Gasteiger partial charge in [0.25, 0.3) is 0 Å². The number of aromatic nitrogens is 2. The number of carbonyl (C=O) groups is 1. The minimum absolute atomic E-state index is 0.116. The molecule has 2 heterocycles. The number of fused-ring (bicyclic) bond motifs is 1. The molecule has 37 heavy (non-hydrogen) atoms. The van der Waals surface area contributed by atoms with E-state index in [1.165, 1.54) is 0 Å². The van der Waals surface area contributed by atoms with Gasteiger partial charge in [-0.1, -0.05) is 63.6 Å². The first-order valence-electron chi connectivity index (χ1n) is 13.2. The minimum atomic E-state index is -0.229. The van der Waals surface area contributed by atoms with Gasteiger partial charge < -0.3 is 9.84 Å². The fraction of sp³-hybridized carbons (Fsp3) is 0.419. The van der Waals surface area contributed by atoms with Gasteiger partial charge in [0.05, 0.1) is 24.8 Å². The van der Waals surface area contributed by atoms with Crippen LogP contribution < -0.4 is 4.74 Å². The number of ether oxygens (including phenoxy) is 1. The standard InChI is InChI=1S/C27H29ClN2O2.C4H10O/c1-5-21(27(31)19-11-18-12-20(28)8-10-26(18)32-15-19)22-9-7-17(13-23(22)16(3)4)24-14-29-30-25(24)6-2;1-3-4(2)5/h5,7-10,12-14,16,19H,6,11,15H2,1-4H3,(H,29,30);4-5H,3H2,1-2H3/b21-5+;/t19-;/m0./s1. The Bertz CT molecular complexity index is 1240. The van der Waals surface area contributed by atoms with Crippen LogP contribution >= 0.6 is 11.6 Å². The number of hydrogen-bond acceptors (Lipinski definition) is 4. The fourth-order valence-corrected chi connectivity index (χ4v) is 4.66. The number of Topliss-reactive ketones (excluding diaryl/α,β-unsaturated/α-hetero) is 1. The van der Waals surface area contributed by atoms with E-state index in [2.05, 4.69) is 49.2 Å². The van der Waals surface area contributed by atoms with Gasteiger partial charge in [-0.05, 0) is 79.5 Å². The lowest BCUT2D eigenvalue weighted by molar-refractivity contribution is -0.118. The van der Waals surface area contributed by atoms with Crippen molar-refractivity contribution in [3.05, 3.63) is 76.1 Å². The lowest BCUT2D eigenvalue weighted by atomic mass is 9.83. The summed E-state index contributed by atoms with van der Waals surface area (Å²) >= 11 is 6.17. The second-order valence-electron chi connectivity index (χ2n) is 9.86. The largest absolute Gasteiger partial charge is 0.493 e. The number of benzene rings is 2. The normalized spacial score (nSPS) is 15.9. The molecule has 6 heteroatoms. The first-order chi connectivity index (χ1) is 17.7. The Morgan fingerprint density at radius 3 is 2.57 bits per heavy atom. The number of H-pyrrole nitrogens is 1. The molecule has 0 radical (unpaired) electrons. The Kier molecular flexibility index (Phi) is 10.1. The van der Waals surface area contributed by atoms with Crippen molar-refractivity contribution >= 4 is 23.0 Å². The predicted molar refractivity (Wildman–Crippen MR) is 152 cm³/mol. The highest BCUT2D eigenvalue weighted by molar-refractivity contribution is 6.30. The van der Waals surface area contributed by atoms with Crippen LogP contribution in [0, 0.1) is 5.92 Å².